The van der Waals surface area contributed by atoms with Crippen molar-refractivity contribution in [2.75, 3.05) is 40.5 Å². The summed E-state index contributed by atoms with van der Waals surface area (Å²) in [7, 11) is 3.07. The Morgan fingerprint density at radius 3 is 2.76 bits per heavy atom. The molecule has 3 heterocycles. The Labute approximate surface area is 238 Å². The number of aliphatic hydroxyl groups excluding tert-OH is 1. The highest BCUT2D eigenvalue weighted by atomic mass is 16.5. The molecule has 2 saturated heterocycles. The number of hydrogen-bond donors (Lipinski definition) is 5. The van der Waals surface area contributed by atoms with Gasteiger partial charge in [-0.3, -0.25) is 19.2 Å². The molecule has 1 aliphatic carbocycles. The Bertz CT molecular complexity index is 1300. The monoisotopic (exact) mass is 569 g/mol. The average Bonchev–Trinajstić information content (AvgIpc) is 3.75. The van der Waals surface area contributed by atoms with Gasteiger partial charge in [-0.15, -0.1) is 0 Å². The van der Waals surface area contributed by atoms with Crippen LogP contribution in [0.15, 0.2) is 24.3 Å². The van der Waals surface area contributed by atoms with Crippen LogP contribution in [0, 0.1) is 17.8 Å². The Morgan fingerprint density at radius 1 is 1.20 bits per heavy atom. The fourth-order valence-electron chi connectivity index (χ4n) is 6.70. The van der Waals surface area contributed by atoms with E-state index in [1.165, 1.54) is 7.11 Å². The van der Waals surface area contributed by atoms with Gasteiger partial charge < -0.3 is 40.4 Å². The molecular formula is C29H39N5O7. The van der Waals surface area contributed by atoms with E-state index in [4.69, 9.17) is 9.47 Å². The van der Waals surface area contributed by atoms with Gasteiger partial charge in [0.1, 0.15) is 17.5 Å². The minimum atomic E-state index is -1.57. The number of aromatic nitrogens is 1. The van der Waals surface area contributed by atoms with Crippen LogP contribution in [0.1, 0.15) is 42.6 Å². The molecule has 1 aromatic heterocycles. The molecule has 12 nitrogen and oxygen atoms in total. The van der Waals surface area contributed by atoms with Crippen molar-refractivity contribution in [2.45, 2.75) is 50.3 Å². The van der Waals surface area contributed by atoms with E-state index in [0.29, 0.717) is 31.0 Å². The summed E-state index contributed by atoms with van der Waals surface area (Å²) >= 11 is 0. The number of likely N-dealkylation sites (tertiary alicyclic amines) is 1. The lowest BCUT2D eigenvalue weighted by molar-refractivity contribution is -0.135. The fraction of sp³-hybridized carbons (Fsp3) is 0.586. The predicted molar refractivity (Wildman–Crippen MR) is 149 cm³/mol. The highest BCUT2D eigenvalue weighted by Gasteiger charge is 2.50. The molecule has 2 aliphatic heterocycles. The third kappa shape index (κ3) is 5.89. The number of aliphatic hydroxyl groups is 1. The molecule has 3 aliphatic rings. The van der Waals surface area contributed by atoms with Gasteiger partial charge in [0.15, 0.2) is 6.10 Å². The molecule has 222 valence electrons. The molecule has 5 N–H and O–H groups in total. The zero-order chi connectivity index (χ0) is 29.1. The number of carbonyl (C=O) groups excluding carboxylic acids is 4. The molecule has 41 heavy (non-hydrogen) atoms. The number of fused-ring (bicyclic) bond motifs is 2. The van der Waals surface area contributed by atoms with Gasteiger partial charge >= 0.3 is 0 Å². The first kappa shape index (κ1) is 28.9. The lowest BCUT2D eigenvalue weighted by Gasteiger charge is -2.31. The third-order valence-corrected chi connectivity index (χ3v) is 8.78. The van der Waals surface area contributed by atoms with Crippen LogP contribution in [-0.4, -0.2) is 97.3 Å². The van der Waals surface area contributed by atoms with Crippen molar-refractivity contribution in [3.05, 3.63) is 30.0 Å². The molecular weight excluding hydrogens is 530 g/mol. The number of nitrogens with one attached hydrogen (secondary N) is 4. The van der Waals surface area contributed by atoms with Crippen LogP contribution in [0.2, 0.25) is 0 Å². The third-order valence-electron chi connectivity index (χ3n) is 8.78. The molecule has 4 amide bonds. The number of H-pyrrole nitrogens is 1. The first-order valence-corrected chi connectivity index (χ1v) is 14.3. The molecule has 2 aromatic rings. The summed E-state index contributed by atoms with van der Waals surface area (Å²) in [4.78, 5) is 57.7. The van der Waals surface area contributed by atoms with Crippen LogP contribution in [0.3, 0.4) is 0 Å². The quantitative estimate of drug-likeness (QED) is 0.247. The van der Waals surface area contributed by atoms with E-state index in [9.17, 15) is 24.3 Å². The molecule has 5 rings (SSSR count). The second kappa shape index (κ2) is 12.5. The van der Waals surface area contributed by atoms with E-state index in [1.807, 2.05) is 18.2 Å². The molecule has 12 heteroatoms. The molecule has 1 saturated carbocycles. The zero-order valence-corrected chi connectivity index (χ0v) is 23.5. The number of amides is 4. The van der Waals surface area contributed by atoms with Gasteiger partial charge in [0.25, 0.3) is 11.8 Å². The van der Waals surface area contributed by atoms with Crippen LogP contribution in [-0.2, 0) is 19.1 Å². The van der Waals surface area contributed by atoms with E-state index >= 15 is 0 Å². The van der Waals surface area contributed by atoms with E-state index in [-0.39, 0.29) is 43.2 Å². The molecule has 0 bridgehead atoms. The van der Waals surface area contributed by atoms with Crippen molar-refractivity contribution < 1.29 is 33.8 Å². The Hall–Kier alpha value is -3.64. The average molecular weight is 570 g/mol. The van der Waals surface area contributed by atoms with Crippen LogP contribution in [0.25, 0.3) is 10.9 Å². The maximum absolute atomic E-state index is 14.0. The van der Waals surface area contributed by atoms with Crippen molar-refractivity contribution in [2.24, 2.45) is 17.8 Å². The molecule has 1 unspecified atom stereocenters. The Balaban J connectivity index is 1.38. The molecule has 0 spiro atoms. The second-order valence-corrected chi connectivity index (χ2v) is 11.2. The first-order valence-electron chi connectivity index (χ1n) is 14.3. The Kier molecular flexibility index (Phi) is 8.79. The van der Waals surface area contributed by atoms with Crippen LogP contribution in [0.5, 0.6) is 5.75 Å². The highest BCUT2D eigenvalue weighted by Crippen LogP contribution is 2.43. The van der Waals surface area contributed by atoms with Gasteiger partial charge in [0, 0.05) is 43.6 Å². The number of ether oxygens (including phenoxy) is 2. The normalized spacial score (nSPS) is 25.0. The summed E-state index contributed by atoms with van der Waals surface area (Å²) in [6.07, 6.45) is 1.78. The van der Waals surface area contributed by atoms with Crippen LogP contribution >= 0.6 is 0 Å². The lowest BCUT2D eigenvalue weighted by Crippen LogP contribution is -2.57. The minimum absolute atomic E-state index is 0.0269. The van der Waals surface area contributed by atoms with Crippen molar-refractivity contribution in [3.8, 4) is 5.75 Å². The number of benzene rings is 1. The van der Waals surface area contributed by atoms with E-state index < -0.39 is 35.9 Å². The molecule has 0 radical (unpaired) electrons. The van der Waals surface area contributed by atoms with Crippen molar-refractivity contribution in [1.82, 2.24) is 25.8 Å². The number of nitrogens with zero attached hydrogens (tertiary/aromatic N) is 1. The number of aromatic amines is 1. The number of methoxy groups -OCH3 is 2. The summed E-state index contributed by atoms with van der Waals surface area (Å²) in [5.41, 5.74) is 1.12. The zero-order valence-electron chi connectivity index (χ0n) is 23.5. The topological polar surface area (TPSA) is 162 Å². The van der Waals surface area contributed by atoms with Gasteiger partial charge in [-0.25, -0.2) is 0 Å². The standard InChI is InChI=1S/C29H39N5O7/c1-40-12-11-31-28(38)25(35)21(13-16-9-10-30-26(16)36)33-27(37)24-18-6-3-5-17(18)15-34(24)29(39)22-14-19-20(32-22)7-4-8-23(19)41-2/h4,7-8,14,16-18,21,24-25,32,35H,3,5-6,9-13,15H2,1-2H3,(H,30,36)(H,31,38)(H,33,37)/t16-,17-,18-,21-,24-,25?/m0/s1. The fourth-order valence-corrected chi connectivity index (χ4v) is 6.70. The number of hydrogen-bond acceptors (Lipinski definition) is 7. The summed E-state index contributed by atoms with van der Waals surface area (Å²) < 4.78 is 10.4. The van der Waals surface area contributed by atoms with E-state index in [0.717, 1.165) is 30.2 Å². The summed E-state index contributed by atoms with van der Waals surface area (Å²) in [5.74, 6) is -1.17. The second-order valence-electron chi connectivity index (χ2n) is 11.2. The molecule has 6 atom stereocenters. The lowest BCUT2D eigenvalue weighted by atomic mass is 9.91. The van der Waals surface area contributed by atoms with Gasteiger partial charge in [0.05, 0.1) is 19.8 Å². The number of carbonyl (C=O) groups is 4. The highest BCUT2D eigenvalue weighted by molar-refractivity contribution is 6.02. The van der Waals surface area contributed by atoms with Crippen molar-refractivity contribution >= 4 is 34.5 Å². The van der Waals surface area contributed by atoms with Gasteiger partial charge in [-0.1, -0.05) is 12.5 Å². The van der Waals surface area contributed by atoms with E-state index in [1.54, 1.807) is 18.1 Å². The van der Waals surface area contributed by atoms with Crippen LogP contribution < -0.4 is 20.7 Å². The van der Waals surface area contributed by atoms with Crippen LogP contribution in [0.4, 0.5) is 0 Å². The maximum atomic E-state index is 14.0. The largest absolute Gasteiger partial charge is 0.496 e. The minimum Gasteiger partial charge on any atom is -0.496 e. The van der Waals surface area contributed by atoms with Crippen molar-refractivity contribution in [3.63, 3.8) is 0 Å². The smallest absolute Gasteiger partial charge is 0.271 e. The van der Waals surface area contributed by atoms with Gasteiger partial charge in [-0.2, -0.15) is 0 Å². The summed E-state index contributed by atoms with van der Waals surface area (Å²) in [6.45, 7) is 1.41. The van der Waals surface area contributed by atoms with Gasteiger partial charge in [0.2, 0.25) is 11.8 Å². The number of rotatable bonds is 11. The molecule has 1 aromatic carbocycles. The summed E-state index contributed by atoms with van der Waals surface area (Å²) in [6, 6.07) is 5.50. The SMILES string of the molecule is COCCNC(=O)C(O)[C@H](C[C@@H]1CCNC1=O)NC(=O)[C@@H]1[C@H]2CCC[C@H]2CN1C(=O)c1cc2c(OC)cccc2[nH]1. The Morgan fingerprint density at radius 2 is 2.02 bits per heavy atom. The predicted octanol–water partition coefficient (Wildman–Crippen LogP) is 0.552. The molecule has 3 fully saturated rings. The maximum Gasteiger partial charge on any atom is 0.271 e. The first-order chi connectivity index (χ1) is 19.8. The van der Waals surface area contributed by atoms with Gasteiger partial charge in [-0.05, 0) is 55.7 Å². The summed E-state index contributed by atoms with van der Waals surface area (Å²) in [5, 5.41) is 20.0. The van der Waals surface area contributed by atoms with E-state index in [2.05, 4.69) is 20.9 Å². The van der Waals surface area contributed by atoms with Crippen molar-refractivity contribution in [1.29, 1.82) is 0 Å².